The summed E-state index contributed by atoms with van der Waals surface area (Å²) in [6.45, 7) is 3.80. The molecule has 0 aromatic heterocycles. The van der Waals surface area contributed by atoms with Crippen LogP contribution in [0.4, 0.5) is 0 Å². The second-order valence-electron chi connectivity index (χ2n) is 3.76. The standard InChI is InChI=1S/C9H18N2O2/c1-7(10)5-11(2)9(12)8-3-4-13-6-8/h7-8H,3-6,10H2,1-2H3. The van der Waals surface area contributed by atoms with E-state index in [0.29, 0.717) is 19.8 Å². The maximum atomic E-state index is 11.7. The summed E-state index contributed by atoms with van der Waals surface area (Å²) in [5, 5.41) is 0. The normalized spacial score (nSPS) is 24.4. The van der Waals surface area contributed by atoms with Crippen LogP contribution in [0, 0.1) is 5.92 Å². The summed E-state index contributed by atoms with van der Waals surface area (Å²) in [6.07, 6.45) is 0.849. The van der Waals surface area contributed by atoms with Gasteiger partial charge in [0.05, 0.1) is 12.5 Å². The molecule has 1 aliphatic heterocycles. The summed E-state index contributed by atoms with van der Waals surface area (Å²) in [6, 6.07) is 0.0382. The first-order chi connectivity index (χ1) is 6.11. The highest BCUT2D eigenvalue weighted by molar-refractivity contribution is 5.78. The minimum atomic E-state index is 0.0382. The molecule has 76 valence electrons. The summed E-state index contributed by atoms with van der Waals surface area (Å²) in [7, 11) is 1.80. The predicted octanol–water partition coefficient (Wildman–Crippen LogP) is -0.171. The van der Waals surface area contributed by atoms with Crippen LogP contribution in [-0.2, 0) is 9.53 Å². The molecule has 1 fully saturated rings. The van der Waals surface area contributed by atoms with Gasteiger partial charge < -0.3 is 15.4 Å². The van der Waals surface area contributed by atoms with Crippen LogP contribution in [0.1, 0.15) is 13.3 Å². The minimum Gasteiger partial charge on any atom is -0.381 e. The van der Waals surface area contributed by atoms with Gasteiger partial charge in [0.15, 0.2) is 0 Å². The highest BCUT2D eigenvalue weighted by Gasteiger charge is 2.26. The second kappa shape index (κ2) is 4.58. The average Bonchev–Trinajstić information content (AvgIpc) is 2.53. The topological polar surface area (TPSA) is 55.6 Å². The van der Waals surface area contributed by atoms with Crippen LogP contribution in [0.25, 0.3) is 0 Å². The summed E-state index contributed by atoms with van der Waals surface area (Å²) >= 11 is 0. The van der Waals surface area contributed by atoms with E-state index in [9.17, 15) is 4.79 Å². The number of hydrogen-bond donors (Lipinski definition) is 1. The van der Waals surface area contributed by atoms with Crippen molar-refractivity contribution in [1.82, 2.24) is 4.90 Å². The van der Waals surface area contributed by atoms with Crippen molar-refractivity contribution in [3.63, 3.8) is 0 Å². The molecule has 0 aliphatic carbocycles. The number of likely N-dealkylation sites (N-methyl/N-ethyl adjacent to an activating group) is 1. The lowest BCUT2D eigenvalue weighted by Crippen LogP contribution is -2.40. The van der Waals surface area contributed by atoms with Crippen LogP contribution in [0.3, 0.4) is 0 Å². The van der Waals surface area contributed by atoms with E-state index in [1.54, 1.807) is 11.9 Å². The predicted molar refractivity (Wildman–Crippen MR) is 50.2 cm³/mol. The fraction of sp³-hybridized carbons (Fsp3) is 0.889. The molecule has 0 bridgehead atoms. The lowest BCUT2D eigenvalue weighted by molar-refractivity contribution is -0.134. The van der Waals surface area contributed by atoms with Gasteiger partial charge in [0, 0.05) is 26.2 Å². The Balaban J connectivity index is 2.36. The van der Waals surface area contributed by atoms with Crippen molar-refractivity contribution in [2.24, 2.45) is 11.7 Å². The number of nitrogens with zero attached hydrogens (tertiary/aromatic N) is 1. The molecule has 0 aromatic carbocycles. The van der Waals surface area contributed by atoms with Crippen molar-refractivity contribution < 1.29 is 9.53 Å². The molecule has 1 saturated heterocycles. The molecule has 2 N–H and O–H groups in total. The fourth-order valence-corrected chi connectivity index (χ4v) is 1.56. The minimum absolute atomic E-state index is 0.0382. The monoisotopic (exact) mass is 186 g/mol. The van der Waals surface area contributed by atoms with Gasteiger partial charge >= 0.3 is 0 Å². The van der Waals surface area contributed by atoms with Crippen LogP contribution in [0.15, 0.2) is 0 Å². The van der Waals surface area contributed by atoms with E-state index in [2.05, 4.69) is 0 Å². The van der Waals surface area contributed by atoms with Gasteiger partial charge in [-0.05, 0) is 13.3 Å². The summed E-state index contributed by atoms with van der Waals surface area (Å²) in [5.41, 5.74) is 5.60. The summed E-state index contributed by atoms with van der Waals surface area (Å²) in [5.74, 6) is 0.221. The van der Waals surface area contributed by atoms with Crippen molar-refractivity contribution in [2.75, 3.05) is 26.8 Å². The Labute approximate surface area is 79.0 Å². The third kappa shape index (κ3) is 2.97. The number of rotatable bonds is 3. The fourth-order valence-electron chi connectivity index (χ4n) is 1.56. The Morgan fingerprint density at radius 1 is 1.77 bits per heavy atom. The first-order valence-electron chi connectivity index (χ1n) is 4.69. The van der Waals surface area contributed by atoms with E-state index in [1.165, 1.54) is 0 Å². The van der Waals surface area contributed by atoms with Crippen molar-refractivity contribution in [3.05, 3.63) is 0 Å². The van der Waals surface area contributed by atoms with Gasteiger partial charge in [-0.25, -0.2) is 0 Å². The lowest BCUT2D eigenvalue weighted by Gasteiger charge is -2.21. The Kier molecular flexibility index (Phi) is 3.69. The largest absolute Gasteiger partial charge is 0.381 e. The van der Waals surface area contributed by atoms with E-state index < -0.39 is 0 Å². The number of ether oxygens (including phenoxy) is 1. The van der Waals surface area contributed by atoms with Crippen LogP contribution < -0.4 is 5.73 Å². The van der Waals surface area contributed by atoms with E-state index in [-0.39, 0.29) is 17.9 Å². The SMILES string of the molecule is CC(N)CN(C)C(=O)C1CCOC1. The smallest absolute Gasteiger partial charge is 0.227 e. The van der Waals surface area contributed by atoms with Crippen molar-refractivity contribution >= 4 is 5.91 Å². The van der Waals surface area contributed by atoms with Gasteiger partial charge in [-0.2, -0.15) is 0 Å². The Morgan fingerprint density at radius 2 is 2.46 bits per heavy atom. The van der Waals surface area contributed by atoms with Crippen molar-refractivity contribution in [1.29, 1.82) is 0 Å². The number of nitrogens with two attached hydrogens (primary N) is 1. The molecule has 0 saturated carbocycles. The van der Waals surface area contributed by atoms with E-state index in [1.807, 2.05) is 6.92 Å². The number of carbonyl (C=O) groups is 1. The third-order valence-electron chi connectivity index (χ3n) is 2.22. The second-order valence-corrected chi connectivity index (χ2v) is 3.76. The van der Waals surface area contributed by atoms with Crippen LogP contribution >= 0.6 is 0 Å². The lowest BCUT2D eigenvalue weighted by atomic mass is 10.1. The van der Waals surface area contributed by atoms with E-state index >= 15 is 0 Å². The summed E-state index contributed by atoms with van der Waals surface area (Å²) in [4.78, 5) is 13.4. The molecule has 1 aliphatic rings. The molecule has 2 unspecified atom stereocenters. The van der Waals surface area contributed by atoms with Gasteiger partial charge in [0.1, 0.15) is 0 Å². The van der Waals surface area contributed by atoms with Gasteiger partial charge in [-0.15, -0.1) is 0 Å². The molecule has 0 radical (unpaired) electrons. The number of hydrogen-bond acceptors (Lipinski definition) is 3. The van der Waals surface area contributed by atoms with E-state index in [4.69, 9.17) is 10.5 Å². The zero-order valence-electron chi connectivity index (χ0n) is 8.32. The molecule has 0 aromatic rings. The van der Waals surface area contributed by atoms with Crippen LogP contribution in [0.5, 0.6) is 0 Å². The molecule has 4 heteroatoms. The Morgan fingerprint density at radius 3 is 2.92 bits per heavy atom. The molecule has 13 heavy (non-hydrogen) atoms. The molecular weight excluding hydrogens is 168 g/mol. The molecule has 1 rings (SSSR count). The van der Waals surface area contributed by atoms with E-state index in [0.717, 1.165) is 6.42 Å². The maximum Gasteiger partial charge on any atom is 0.227 e. The third-order valence-corrected chi connectivity index (χ3v) is 2.22. The van der Waals surface area contributed by atoms with Gasteiger partial charge in [-0.3, -0.25) is 4.79 Å². The molecule has 2 atom stereocenters. The molecule has 1 amide bonds. The molecule has 1 heterocycles. The highest BCUT2D eigenvalue weighted by Crippen LogP contribution is 2.14. The zero-order valence-corrected chi connectivity index (χ0v) is 8.32. The first kappa shape index (κ1) is 10.5. The molecular formula is C9H18N2O2. The summed E-state index contributed by atoms with van der Waals surface area (Å²) < 4.78 is 5.15. The Hall–Kier alpha value is -0.610. The number of carbonyl (C=O) groups excluding carboxylic acids is 1. The zero-order chi connectivity index (χ0) is 9.84. The molecule has 0 spiro atoms. The Bertz CT molecular complexity index is 176. The number of amides is 1. The van der Waals surface area contributed by atoms with Gasteiger partial charge in [0.25, 0.3) is 0 Å². The molecule has 4 nitrogen and oxygen atoms in total. The maximum absolute atomic E-state index is 11.7. The van der Waals surface area contributed by atoms with Crippen molar-refractivity contribution in [3.8, 4) is 0 Å². The van der Waals surface area contributed by atoms with Crippen molar-refractivity contribution in [2.45, 2.75) is 19.4 Å². The average molecular weight is 186 g/mol. The first-order valence-corrected chi connectivity index (χ1v) is 4.69. The van der Waals surface area contributed by atoms with Gasteiger partial charge in [-0.1, -0.05) is 0 Å². The van der Waals surface area contributed by atoms with Crippen LogP contribution in [-0.4, -0.2) is 43.7 Å². The quantitative estimate of drug-likeness (QED) is 0.665. The van der Waals surface area contributed by atoms with Crippen LogP contribution in [0.2, 0.25) is 0 Å². The highest BCUT2D eigenvalue weighted by atomic mass is 16.5. The van der Waals surface area contributed by atoms with Gasteiger partial charge in [0.2, 0.25) is 5.91 Å².